The Morgan fingerprint density at radius 3 is 2.62 bits per heavy atom. The van der Waals surface area contributed by atoms with Crippen molar-refractivity contribution in [1.82, 2.24) is 0 Å². The van der Waals surface area contributed by atoms with Gasteiger partial charge in [-0.3, -0.25) is 4.72 Å². The second-order valence-electron chi connectivity index (χ2n) is 3.80. The zero-order valence-corrected chi connectivity index (χ0v) is 9.75. The van der Waals surface area contributed by atoms with E-state index in [0.29, 0.717) is 17.1 Å². The summed E-state index contributed by atoms with van der Waals surface area (Å²) in [7, 11) is -1.71. The fourth-order valence-corrected chi connectivity index (χ4v) is 2.80. The number of hydrogen-bond donors (Lipinski definition) is 2. The third-order valence-corrected chi connectivity index (χ3v) is 4.32. The molecule has 0 radical (unpaired) electrons. The van der Waals surface area contributed by atoms with E-state index in [1.54, 1.807) is 18.2 Å². The van der Waals surface area contributed by atoms with Crippen LogP contribution in [0, 0.1) is 0 Å². The Balaban J connectivity index is 2.19. The van der Waals surface area contributed by atoms with Crippen LogP contribution >= 0.6 is 0 Å². The van der Waals surface area contributed by atoms with Crippen LogP contribution in [0.25, 0.3) is 0 Å². The van der Waals surface area contributed by atoms with Gasteiger partial charge in [-0.15, -0.1) is 0 Å². The maximum Gasteiger partial charge on any atom is 0.235 e. The van der Waals surface area contributed by atoms with E-state index < -0.39 is 10.0 Å². The molecule has 1 aliphatic rings. The molecule has 1 aliphatic carbocycles. The Hall–Kier alpha value is -1.43. The van der Waals surface area contributed by atoms with Crippen LogP contribution in [-0.4, -0.2) is 20.8 Å². The minimum Gasteiger partial charge on any atom is -0.495 e. The number of anilines is 2. The van der Waals surface area contributed by atoms with Gasteiger partial charge in [0.25, 0.3) is 0 Å². The topological polar surface area (TPSA) is 81.4 Å². The van der Waals surface area contributed by atoms with Crippen LogP contribution in [0.2, 0.25) is 0 Å². The summed E-state index contributed by atoms with van der Waals surface area (Å²) in [6.07, 6.45) is 1.47. The van der Waals surface area contributed by atoms with Crippen molar-refractivity contribution >= 4 is 21.4 Å². The Morgan fingerprint density at radius 1 is 1.44 bits per heavy atom. The average molecular weight is 242 g/mol. The molecular formula is C10H14N2O3S. The van der Waals surface area contributed by atoms with Gasteiger partial charge < -0.3 is 10.5 Å². The number of sulfonamides is 1. The lowest BCUT2D eigenvalue weighted by atomic mass is 10.2. The molecule has 88 valence electrons. The lowest BCUT2D eigenvalue weighted by molar-refractivity contribution is 0.417. The molecule has 1 aromatic rings. The number of nitrogen functional groups attached to an aromatic ring is 1. The minimum absolute atomic E-state index is 0.240. The van der Waals surface area contributed by atoms with Gasteiger partial charge in [0.05, 0.1) is 23.7 Å². The zero-order chi connectivity index (χ0) is 11.8. The van der Waals surface area contributed by atoms with Gasteiger partial charge in [0.2, 0.25) is 10.0 Å². The van der Waals surface area contributed by atoms with E-state index in [-0.39, 0.29) is 5.25 Å². The Labute approximate surface area is 94.6 Å². The first-order chi connectivity index (χ1) is 7.53. The molecule has 0 saturated heterocycles. The highest BCUT2D eigenvalue weighted by molar-refractivity contribution is 7.93. The summed E-state index contributed by atoms with van der Waals surface area (Å²) in [4.78, 5) is 0. The lowest BCUT2D eigenvalue weighted by Crippen LogP contribution is -2.17. The zero-order valence-electron chi connectivity index (χ0n) is 8.93. The predicted molar refractivity (Wildman–Crippen MR) is 63.0 cm³/mol. The molecule has 0 aliphatic heterocycles. The summed E-state index contributed by atoms with van der Waals surface area (Å²) >= 11 is 0. The fourth-order valence-electron chi connectivity index (χ4n) is 1.42. The van der Waals surface area contributed by atoms with Crippen LogP contribution < -0.4 is 15.2 Å². The third-order valence-electron chi connectivity index (χ3n) is 2.45. The fraction of sp³-hybridized carbons (Fsp3) is 0.400. The molecule has 0 aromatic heterocycles. The Bertz CT molecular complexity index is 495. The quantitative estimate of drug-likeness (QED) is 0.777. The first-order valence-electron chi connectivity index (χ1n) is 4.98. The van der Waals surface area contributed by atoms with Gasteiger partial charge in [-0.2, -0.15) is 0 Å². The van der Waals surface area contributed by atoms with E-state index in [1.807, 2.05) is 0 Å². The molecule has 3 N–H and O–H groups in total. The van der Waals surface area contributed by atoms with Crippen molar-refractivity contribution in [2.75, 3.05) is 17.6 Å². The summed E-state index contributed by atoms with van der Waals surface area (Å²) in [6.45, 7) is 0. The number of nitrogens with two attached hydrogens (primary N) is 1. The molecule has 1 aromatic carbocycles. The van der Waals surface area contributed by atoms with Crippen LogP contribution in [0.4, 0.5) is 11.4 Å². The smallest absolute Gasteiger partial charge is 0.235 e. The summed E-state index contributed by atoms with van der Waals surface area (Å²) in [5, 5.41) is -0.240. The molecule has 0 atom stereocenters. The summed E-state index contributed by atoms with van der Waals surface area (Å²) in [6, 6.07) is 4.83. The molecule has 0 bridgehead atoms. The molecule has 0 amide bonds. The largest absolute Gasteiger partial charge is 0.495 e. The maximum absolute atomic E-state index is 11.6. The number of benzene rings is 1. The highest BCUT2D eigenvalue weighted by atomic mass is 32.2. The van der Waals surface area contributed by atoms with Gasteiger partial charge >= 0.3 is 0 Å². The highest BCUT2D eigenvalue weighted by Gasteiger charge is 2.35. The number of hydrogen-bond acceptors (Lipinski definition) is 4. The Kier molecular flexibility index (Phi) is 2.67. The maximum atomic E-state index is 11.6. The molecule has 5 nitrogen and oxygen atoms in total. The van der Waals surface area contributed by atoms with Crippen LogP contribution in [0.15, 0.2) is 18.2 Å². The van der Waals surface area contributed by atoms with Gasteiger partial charge in [-0.05, 0) is 31.0 Å². The molecule has 0 heterocycles. The summed E-state index contributed by atoms with van der Waals surface area (Å²) in [5.74, 6) is 0.536. The number of rotatable bonds is 4. The molecule has 0 spiro atoms. The Morgan fingerprint density at radius 2 is 2.12 bits per heavy atom. The van der Waals surface area contributed by atoms with Gasteiger partial charge in [0, 0.05) is 0 Å². The number of nitrogens with one attached hydrogen (secondary N) is 1. The van der Waals surface area contributed by atoms with Crippen LogP contribution in [0.5, 0.6) is 5.75 Å². The lowest BCUT2D eigenvalue weighted by Gasteiger charge is -2.09. The molecule has 2 rings (SSSR count). The predicted octanol–water partition coefficient (Wildman–Crippen LogP) is 1.18. The van der Waals surface area contributed by atoms with Crippen molar-refractivity contribution < 1.29 is 13.2 Å². The van der Waals surface area contributed by atoms with E-state index in [0.717, 1.165) is 12.8 Å². The van der Waals surface area contributed by atoms with E-state index in [4.69, 9.17) is 10.5 Å². The molecule has 6 heteroatoms. The minimum atomic E-state index is -3.22. The van der Waals surface area contributed by atoms with Crippen LogP contribution in [0.1, 0.15) is 12.8 Å². The van der Waals surface area contributed by atoms with E-state index in [1.165, 1.54) is 7.11 Å². The number of methoxy groups -OCH3 is 1. The highest BCUT2D eigenvalue weighted by Crippen LogP contribution is 2.31. The molecular weight excluding hydrogens is 228 g/mol. The average Bonchev–Trinajstić information content (AvgIpc) is 3.00. The SMILES string of the molecule is COc1ccc(NS(=O)(=O)C2CC2)cc1N. The van der Waals surface area contributed by atoms with Gasteiger partial charge in [-0.1, -0.05) is 0 Å². The second kappa shape index (κ2) is 3.86. The molecule has 1 fully saturated rings. The van der Waals surface area contributed by atoms with E-state index in [9.17, 15) is 8.42 Å². The number of ether oxygens (including phenoxy) is 1. The van der Waals surface area contributed by atoms with Crippen molar-refractivity contribution in [2.24, 2.45) is 0 Å². The standard InChI is InChI=1S/C10H14N2O3S/c1-15-10-5-2-7(6-9(10)11)12-16(13,14)8-3-4-8/h2,5-6,8,12H,3-4,11H2,1H3. The second-order valence-corrected chi connectivity index (χ2v) is 5.76. The van der Waals surface area contributed by atoms with E-state index in [2.05, 4.69) is 4.72 Å². The van der Waals surface area contributed by atoms with Crippen molar-refractivity contribution in [1.29, 1.82) is 0 Å². The van der Waals surface area contributed by atoms with Crippen molar-refractivity contribution in [3.05, 3.63) is 18.2 Å². The normalized spacial score (nSPS) is 15.8. The van der Waals surface area contributed by atoms with Crippen LogP contribution in [0.3, 0.4) is 0 Å². The third kappa shape index (κ3) is 2.21. The van der Waals surface area contributed by atoms with Crippen molar-refractivity contribution in [3.8, 4) is 5.75 Å². The van der Waals surface area contributed by atoms with Gasteiger partial charge in [0.15, 0.2) is 0 Å². The molecule has 0 unspecified atom stereocenters. The molecule has 16 heavy (non-hydrogen) atoms. The summed E-state index contributed by atoms with van der Waals surface area (Å²) in [5.41, 5.74) is 6.57. The van der Waals surface area contributed by atoms with Crippen LogP contribution in [-0.2, 0) is 10.0 Å². The van der Waals surface area contributed by atoms with Crippen molar-refractivity contribution in [2.45, 2.75) is 18.1 Å². The summed E-state index contributed by atoms with van der Waals surface area (Å²) < 4.78 is 30.8. The monoisotopic (exact) mass is 242 g/mol. The van der Waals surface area contributed by atoms with Gasteiger partial charge in [-0.25, -0.2) is 8.42 Å². The first kappa shape index (κ1) is 11.1. The first-order valence-corrected chi connectivity index (χ1v) is 6.53. The van der Waals surface area contributed by atoms with E-state index >= 15 is 0 Å². The van der Waals surface area contributed by atoms with Gasteiger partial charge in [0.1, 0.15) is 5.75 Å². The van der Waals surface area contributed by atoms with Crippen molar-refractivity contribution in [3.63, 3.8) is 0 Å². The molecule has 1 saturated carbocycles.